The smallest absolute Gasteiger partial charge is 0.251 e. The molecule has 0 radical (unpaired) electrons. The Labute approximate surface area is 212 Å². The Morgan fingerprint density at radius 2 is 1.47 bits per heavy atom. The Kier molecular flexibility index (Phi) is 8.28. The van der Waals surface area contributed by atoms with Crippen molar-refractivity contribution in [1.29, 1.82) is 0 Å². The minimum absolute atomic E-state index is 0.111. The number of benzene rings is 2. The summed E-state index contributed by atoms with van der Waals surface area (Å²) in [5.74, 6) is -0.830. The third-order valence-electron chi connectivity index (χ3n) is 6.51. The van der Waals surface area contributed by atoms with Crippen molar-refractivity contribution in [2.75, 3.05) is 56.5 Å². The molecule has 1 amide bonds. The first kappa shape index (κ1) is 26.5. The summed E-state index contributed by atoms with van der Waals surface area (Å²) in [5, 5.41) is 2.69. The third kappa shape index (κ3) is 6.05. The first-order chi connectivity index (χ1) is 17.2. The van der Waals surface area contributed by atoms with Crippen molar-refractivity contribution in [3.8, 4) is 0 Å². The van der Waals surface area contributed by atoms with Gasteiger partial charge in [-0.15, -0.1) is 0 Å². The number of anilines is 1. The Hall–Kier alpha value is -2.54. The van der Waals surface area contributed by atoms with E-state index in [1.54, 1.807) is 18.2 Å². The number of amides is 1. The molecule has 0 bridgehead atoms. The molecule has 0 unspecified atom stereocenters. The lowest BCUT2D eigenvalue weighted by Crippen LogP contribution is -2.49. The van der Waals surface area contributed by atoms with E-state index in [1.807, 2.05) is 4.90 Å². The zero-order chi connectivity index (χ0) is 25.8. The van der Waals surface area contributed by atoms with Gasteiger partial charge in [0.2, 0.25) is 20.0 Å². The van der Waals surface area contributed by atoms with Gasteiger partial charge in [-0.3, -0.25) is 4.79 Å². The van der Waals surface area contributed by atoms with Crippen LogP contribution in [0.1, 0.15) is 29.6 Å². The molecule has 2 aromatic rings. The molecule has 0 atom stereocenters. The number of sulfonamides is 2. The van der Waals surface area contributed by atoms with Gasteiger partial charge in [-0.1, -0.05) is 12.1 Å². The summed E-state index contributed by atoms with van der Waals surface area (Å²) in [7, 11) is -7.04. The van der Waals surface area contributed by atoms with Gasteiger partial charge in [0.15, 0.2) is 0 Å². The second-order valence-electron chi connectivity index (χ2n) is 8.90. The Balaban J connectivity index is 1.22. The molecule has 4 rings (SSSR count). The van der Waals surface area contributed by atoms with Gasteiger partial charge in [-0.25, -0.2) is 21.2 Å². The van der Waals surface area contributed by atoms with Crippen LogP contribution in [0.2, 0.25) is 0 Å². The van der Waals surface area contributed by atoms with E-state index in [0.717, 1.165) is 12.8 Å². The summed E-state index contributed by atoms with van der Waals surface area (Å²) < 4.78 is 67.5. The van der Waals surface area contributed by atoms with Gasteiger partial charge in [-0.05, 0) is 55.7 Å². The second-order valence-corrected chi connectivity index (χ2v) is 12.9. The van der Waals surface area contributed by atoms with Gasteiger partial charge < -0.3 is 10.2 Å². The highest BCUT2D eigenvalue weighted by atomic mass is 32.2. The number of rotatable bonds is 9. The average molecular weight is 539 g/mol. The van der Waals surface area contributed by atoms with Gasteiger partial charge >= 0.3 is 0 Å². The Morgan fingerprint density at radius 3 is 2.11 bits per heavy atom. The number of carbonyl (C=O) groups is 1. The molecule has 2 aromatic carbocycles. The highest BCUT2D eigenvalue weighted by Gasteiger charge is 2.28. The van der Waals surface area contributed by atoms with Crippen LogP contribution in [0, 0.1) is 5.82 Å². The van der Waals surface area contributed by atoms with E-state index >= 15 is 0 Å². The van der Waals surface area contributed by atoms with Crippen molar-refractivity contribution >= 4 is 31.6 Å². The van der Waals surface area contributed by atoms with Gasteiger partial charge in [0.25, 0.3) is 5.91 Å². The van der Waals surface area contributed by atoms with Crippen LogP contribution in [-0.4, -0.2) is 82.9 Å². The van der Waals surface area contributed by atoms with E-state index in [9.17, 15) is 26.0 Å². The van der Waals surface area contributed by atoms with Crippen LogP contribution in [0.25, 0.3) is 0 Å². The fourth-order valence-electron chi connectivity index (χ4n) is 4.46. The van der Waals surface area contributed by atoms with Crippen molar-refractivity contribution in [1.82, 2.24) is 13.9 Å². The highest BCUT2D eigenvalue weighted by Crippen LogP contribution is 2.22. The molecule has 9 nitrogen and oxygen atoms in total. The summed E-state index contributed by atoms with van der Waals surface area (Å²) in [6.07, 6.45) is 1.93. The van der Waals surface area contributed by atoms with Crippen LogP contribution in [0.15, 0.2) is 53.4 Å². The molecule has 1 N–H and O–H groups in total. The number of nitrogens with one attached hydrogen (secondary N) is 1. The van der Waals surface area contributed by atoms with Crippen molar-refractivity contribution < 1.29 is 26.0 Å². The maximum atomic E-state index is 14.0. The van der Waals surface area contributed by atoms with Gasteiger partial charge in [0.1, 0.15) is 5.82 Å². The lowest BCUT2D eigenvalue weighted by molar-refractivity contribution is 0.0953. The highest BCUT2D eigenvalue weighted by molar-refractivity contribution is 7.89. The van der Waals surface area contributed by atoms with E-state index in [0.29, 0.717) is 37.4 Å². The summed E-state index contributed by atoms with van der Waals surface area (Å²) in [4.78, 5) is 14.4. The molecule has 2 aliphatic heterocycles. The zero-order valence-electron chi connectivity index (χ0n) is 20.0. The normalized spacial score (nSPS) is 17.9. The minimum atomic E-state index is -3.54. The van der Waals surface area contributed by atoms with Crippen LogP contribution in [-0.2, 0) is 20.0 Å². The molecule has 2 saturated heterocycles. The average Bonchev–Trinajstić information content (AvgIpc) is 3.43. The molecular weight excluding hydrogens is 507 g/mol. The number of hydrogen-bond acceptors (Lipinski definition) is 6. The van der Waals surface area contributed by atoms with E-state index < -0.39 is 26.0 Å². The van der Waals surface area contributed by atoms with E-state index in [4.69, 9.17) is 0 Å². The van der Waals surface area contributed by atoms with Crippen LogP contribution < -0.4 is 10.2 Å². The van der Waals surface area contributed by atoms with Gasteiger partial charge in [-0.2, -0.15) is 8.61 Å². The monoisotopic (exact) mass is 538 g/mol. The molecule has 36 heavy (non-hydrogen) atoms. The third-order valence-corrected chi connectivity index (χ3v) is 10.4. The number of carbonyl (C=O) groups excluding carboxylic acids is 1. The number of piperazine rings is 1. The predicted molar refractivity (Wildman–Crippen MR) is 135 cm³/mol. The zero-order valence-corrected chi connectivity index (χ0v) is 21.6. The van der Waals surface area contributed by atoms with Crippen molar-refractivity contribution in [2.45, 2.75) is 24.2 Å². The molecule has 0 aliphatic carbocycles. The van der Waals surface area contributed by atoms with Crippen molar-refractivity contribution in [2.24, 2.45) is 0 Å². The second kappa shape index (κ2) is 11.2. The fraction of sp³-hybridized carbons (Fsp3) is 0.458. The molecule has 196 valence electrons. The summed E-state index contributed by atoms with van der Waals surface area (Å²) >= 11 is 0. The summed E-state index contributed by atoms with van der Waals surface area (Å²) in [6.45, 7) is 2.54. The maximum Gasteiger partial charge on any atom is 0.251 e. The molecule has 2 fully saturated rings. The fourth-order valence-corrected chi connectivity index (χ4v) is 7.46. The standard InChI is InChI=1S/C24H31FN4O5S2/c25-22-6-1-2-7-23(22)27-15-17-28(18-16-27)35(31,32)19-5-12-26-24(30)20-8-10-21(11-9-20)36(33,34)29-13-3-4-14-29/h1-2,6-11H,3-5,12-19H2,(H,26,30). The molecule has 0 spiro atoms. The van der Waals surface area contributed by atoms with Crippen LogP contribution in [0.4, 0.5) is 10.1 Å². The Bertz CT molecular complexity index is 1270. The molecule has 2 heterocycles. The quantitative estimate of drug-likeness (QED) is 0.489. The minimum Gasteiger partial charge on any atom is -0.367 e. The van der Waals surface area contributed by atoms with Crippen molar-refractivity contribution in [3.05, 3.63) is 59.9 Å². The lowest BCUT2D eigenvalue weighted by atomic mass is 10.2. The van der Waals surface area contributed by atoms with Crippen LogP contribution in [0.5, 0.6) is 0 Å². The van der Waals surface area contributed by atoms with Gasteiger partial charge in [0.05, 0.1) is 16.3 Å². The topological polar surface area (TPSA) is 107 Å². The first-order valence-electron chi connectivity index (χ1n) is 12.0. The molecular formula is C24H31FN4O5S2. The summed E-state index contributed by atoms with van der Waals surface area (Å²) in [6, 6.07) is 12.2. The first-order valence-corrected chi connectivity index (χ1v) is 15.1. The molecule has 0 aromatic heterocycles. The summed E-state index contributed by atoms with van der Waals surface area (Å²) in [5.41, 5.74) is 0.779. The lowest BCUT2D eigenvalue weighted by Gasteiger charge is -2.35. The molecule has 12 heteroatoms. The number of halogens is 1. The van der Waals surface area contributed by atoms with Crippen LogP contribution in [0.3, 0.4) is 0 Å². The van der Waals surface area contributed by atoms with Gasteiger partial charge in [0, 0.05) is 51.4 Å². The maximum absolute atomic E-state index is 14.0. The molecule has 2 aliphatic rings. The van der Waals surface area contributed by atoms with E-state index in [2.05, 4.69) is 5.32 Å². The molecule has 0 saturated carbocycles. The Morgan fingerprint density at radius 1 is 0.833 bits per heavy atom. The SMILES string of the molecule is O=C(NCCCS(=O)(=O)N1CCN(c2ccccc2F)CC1)c1ccc(S(=O)(=O)N2CCCC2)cc1. The van der Waals surface area contributed by atoms with Crippen molar-refractivity contribution in [3.63, 3.8) is 0 Å². The number of nitrogens with zero attached hydrogens (tertiary/aromatic N) is 3. The number of para-hydroxylation sites is 1. The van der Waals surface area contributed by atoms with E-state index in [-0.39, 0.29) is 42.5 Å². The predicted octanol–water partition coefficient (Wildman–Crippen LogP) is 1.88. The van der Waals surface area contributed by atoms with E-state index in [1.165, 1.54) is 38.9 Å². The van der Waals surface area contributed by atoms with Crippen LogP contribution >= 0.6 is 0 Å². The number of hydrogen-bond donors (Lipinski definition) is 1. The largest absolute Gasteiger partial charge is 0.367 e.